The molecule has 0 aliphatic carbocycles. The van der Waals surface area contributed by atoms with Crippen molar-refractivity contribution in [3.05, 3.63) is 90.9 Å². The van der Waals surface area contributed by atoms with E-state index in [9.17, 15) is 18.0 Å². The van der Waals surface area contributed by atoms with Crippen LogP contribution in [0.2, 0.25) is 0 Å². The van der Waals surface area contributed by atoms with Crippen molar-refractivity contribution in [2.24, 2.45) is 0 Å². The third-order valence-electron chi connectivity index (χ3n) is 6.71. The minimum Gasteiger partial charge on any atom is -0.494 e. The summed E-state index contributed by atoms with van der Waals surface area (Å²) in [5.74, 6) is 0.154. The van der Waals surface area contributed by atoms with E-state index in [-0.39, 0.29) is 31.1 Å². The SMILES string of the molecule is CCOc1ccc(NC(=O)N2CCN(S(=O)(=O)c3cccc4cccnc34)C(C(=O)NCc3cccnc3)C2)cc1. The van der Waals surface area contributed by atoms with E-state index >= 15 is 0 Å². The normalized spacial score (nSPS) is 15.8. The lowest BCUT2D eigenvalue weighted by Gasteiger charge is -2.39. The number of pyridine rings is 2. The molecule has 212 valence electrons. The third kappa shape index (κ3) is 6.28. The van der Waals surface area contributed by atoms with Crippen LogP contribution < -0.4 is 15.4 Å². The van der Waals surface area contributed by atoms with E-state index in [1.807, 2.05) is 6.92 Å². The van der Waals surface area contributed by atoms with Gasteiger partial charge < -0.3 is 20.3 Å². The molecule has 4 aromatic rings. The van der Waals surface area contributed by atoms with Crippen LogP contribution in [0, 0.1) is 0 Å². The van der Waals surface area contributed by atoms with Crippen LogP contribution in [0.1, 0.15) is 12.5 Å². The fraction of sp³-hybridized carbons (Fsp3) is 0.241. The molecule has 1 unspecified atom stereocenters. The molecular weight excluding hydrogens is 544 g/mol. The number of urea groups is 1. The van der Waals surface area contributed by atoms with Gasteiger partial charge in [-0.15, -0.1) is 0 Å². The summed E-state index contributed by atoms with van der Waals surface area (Å²) >= 11 is 0. The maximum absolute atomic E-state index is 14.0. The molecule has 41 heavy (non-hydrogen) atoms. The molecule has 3 amide bonds. The maximum atomic E-state index is 14.0. The van der Waals surface area contributed by atoms with Crippen LogP contribution in [0.25, 0.3) is 10.9 Å². The summed E-state index contributed by atoms with van der Waals surface area (Å²) in [7, 11) is -4.16. The quantitative estimate of drug-likeness (QED) is 0.330. The molecule has 11 nitrogen and oxygen atoms in total. The number of benzene rings is 2. The van der Waals surface area contributed by atoms with Crippen LogP contribution in [-0.2, 0) is 21.4 Å². The van der Waals surface area contributed by atoms with Crippen LogP contribution in [0.15, 0.2) is 90.2 Å². The van der Waals surface area contributed by atoms with Crippen molar-refractivity contribution in [3.8, 4) is 5.75 Å². The van der Waals surface area contributed by atoms with E-state index < -0.39 is 28.0 Å². The van der Waals surface area contributed by atoms with Gasteiger partial charge in [-0.25, -0.2) is 13.2 Å². The Kier molecular flexibility index (Phi) is 8.41. The molecule has 1 saturated heterocycles. The highest BCUT2D eigenvalue weighted by Gasteiger charge is 2.42. The smallest absolute Gasteiger partial charge is 0.321 e. The Hall–Kier alpha value is -4.55. The minimum absolute atomic E-state index is 0.00736. The number of sulfonamides is 1. The summed E-state index contributed by atoms with van der Waals surface area (Å²) in [4.78, 5) is 36.5. The second-order valence-electron chi connectivity index (χ2n) is 9.38. The molecule has 1 fully saturated rings. The molecule has 5 rings (SSSR count). The first-order valence-electron chi connectivity index (χ1n) is 13.2. The van der Waals surface area contributed by atoms with E-state index in [1.54, 1.807) is 73.1 Å². The first-order valence-corrected chi connectivity index (χ1v) is 14.6. The monoisotopic (exact) mass is 574 g/mol. The summed E-state index contributed by atoms with van der Waals surface area (Å²) in [5.41, 5.74) is 1.63. The molecule has 0 spiro atoms. The van der Waals surface area contributed by atoms with Gasteiger partial charge in [-0.2, -0.15) is 4.31 Å². The number of hydrogen-bond acceptors (Lipinski definition) is 7. The summed E-state index contributed by atoms with van der Waals surface area (Å²) < 4.78 is 34.6. The van der Waals surface area contributed by atoms with Gasteiger partial charge in [0.15, 0.2) is 0 Å². The largest absolute Gasteiger partial charge is 0.494 e. The maximum Gasteiger partial charge on any atom is 0.321 e. The summed E-state index contributed by atoms with van der Waals surface area (Å²) in [6.07, 6.45) is 4.77. The fourth-order valence-corrected chi connectivity index (χ4v) is 6.41. The zero-order chi connectivity index (χ0) is 28.8. The Bertz CT molecular complexity index is 1630. The molecular formula is C29H30N6O5S. The fourth-order valence-electron chi connectivity index (χ4n) is 4.68. The molecule has 0 radical (unpaired) electrons. The number of piperazine rings is 1. The van der Waals surface area contributed by atoms with Gasteiger partial charge in [-0.3, -0.25) is 14.8 Å². The number of nitrogens with zero attached hydrogens (tertiary/aromatic N) is 4. The number of carbonyl (C=O) groups is 2. The van der Waals surface area contributed by atoms with Gasteiger partial charge in [0.25, 0.3) is 0 Å². The number of anilines is 1. The number of carbonyl (C=O) groups excluding carboxylic acids is 2. The second-order valence-corrected chi connectivity index (χ2v) is 11.2. The number of ether oxygens (including phenoxy) is 1. The number of rotatable bonds is 8. The summed E-state index contributed by atoms with van der Waals surface area (Å²) in [6, 6.07) is 17.3. The van der Waals surface area contributed by atoms with Gasteiger partial charge in [0, 0.05) is 55.8 Å². The Morgan fingerprint density at radius 3 is 2.54 bits per heavy atom. The Balaban J connectivity index is 1.40. The lowest BCUT2D eigenvalue weighted by atomic mass is 10.2. The molecule has 0 saturated carbocycles. The van der Waals surface area contributed by atoms with Crippen molar-refractivity contribution in [2.75, 3.05) is 31.6 Å². The van der Waals surface area contributed by atoms with E-state index in [4.69, 9.17) is 4.74 Å². The Labute approximate surface area is 238 Å². The van der Waals surface area contributed by atoms with Crippen molar-refractivity contribution in [1.29, 1.82) is 0 Å². The minimum atomic E-state index is -4.16. The first kappa shape index (κ1) is 28.0. The molecule has 3 heterocycles. The first-order chi connectivity index (χ1) is 19.9. The average molecular weight is 575 g/mol. The Morgan fingerprint density at radius 1 is 1.00 bits per heavy atom. The van der Waals surface area contributed by atoms with Crippen LogP contribution >= 0.6 is 0 Å². The van der Waals surface area contributed by atoms with Gasteiger partial charge in [0.05, 0.1) is 12.1 Å². The zero-order valence-corrected chi connectivity index (χ0v) is 23.3. The number of aromatic nitrogens is 2. The number of amides is 3. The molecule has 1 aliphatic rings. The van der Waals surface area contributed by atoms with E-state index in [0.29, 0.717) is 28.9 Å². The van der Waals surface area contributed by atoms with E-state index in [1.165, 1.54) is 17.2 Å². The van der Waals surface area contributed by atoms with Crippen molar-refractivity contribution in [1.82, 2.24) is 24.5 Å². The highest BCUT2D eigenvalue weighted by atomic mass is 32.2. The predicted molar refractivity (Wildman–Crippen MR) is 154 cm³/mol. The predicted octanol–water partition coefficient (Wildman–Crippen LogP) is 3.25. The van der Waals surface area contributed by atoms with Crippen molar-refractivity contribution in [3.63, 3.8) is 0 Å². The van der Waals surface area contributed by atoms with Crippen molar-refractivity contribution < 1.29 is 22.7 Å². The van der Waals surface area contributed by atoms with E-state index in [0.717, 1.165) is 9.87 Å². The van der Waals surface area contributed by atoms with Gasteiger partial charge in [-0.05, 0) is 55.0 Å². The number of hydrogen-bond donors (Lipinski definition) is 2. The molecule has 12 heteroatoms. The third-order valence-corrected chi connectivity index (χ3v) is 8.65. The van der Waals surface area contributed by atoms with Crippen LogP contribution in [0.3, 0.4) is 0 Å². The molecule has 2 aromatic heterocycles. The van der Waals surface area contributed by atoms with Crippen LogP contribution in [-0.4, -0.2) is 71.8 Å². The van der Waals surface area contributed by atoms with Crippen LogP contribution in [0.4, 0.5) is 10.5 Å². The average Bonchev–Trinajstić information content (AvgIpc) is 3.00. The van der Waals surface area contributed by atoms with Crippen LogP contribution in [0.5, 0.6) is 5.75 Å². The molecule has 1 atom stereocenters. The lowest BCUT2D eigenvalue weighted by molar-refractivity contribution is -0.126. The molecule has 1 aliphatic heterocycles. The standard InChI is InChI=1S/C29H30N6O5S/c1-2-40-24-12-10-23(11-13-24)33-29(37)34-16-17-35(25(20-34)28(36)32-19-21-6-4-14-30-18-21)41(38,39)26-9-3-7-22-8-5-15-31-27(22)26/h3-15,18,25H,2,16-17,19-20H2,1H3,(H,32,36)(H,33,37). The summed E-state index contributed by atoms with van der Waals surface area (Å²) in [5, 5.41) is 6.30. The second kappa shape index (κ2) is 12.3. The van der Waals surface area contributed by atoms with Gasteiger partial charge in [0.2, 0.25) is 15.9 Å². The van der Waals surface area contributed by atoms with Crippen molar-refractivity contribution >= 4 is 38.6 Å². The molecule has 2 N–H and O–H groups in total. The van der Waals surface area contributed by atoms with Gasteiger partial charge >= 0.3 is 6.03 Å². The van der Waals surface area contributed by atoms with Crippen molar-refractivity contribution in [2.45, 2.75) is 24.4 Å². The number of fused-ring (bicyclic) bond motifs is 1. The van der Waals surface area contributed by atoms with Gasteiger partial charge in [-0.1, -0.05) is 24.3 Å². The highest BCUT2D eigenvalue weighted by Crippen LogP contribution is 2.27. The highest BCUT2D eigenvalue weighted by molar-refractivity contribution is 7.89. The number of para-hydroxylation sites is 1. The van der Waals surface area contributed by atoms with Gasteiger partial charge in [0.1, 0.15) is 16.7 Å². The molecule has 0 bridgehead atoms. The lowest BCUT2D eigenvalue weighted by Crippen LogP contribution is -2.61. The zero-order valence-electron chi connectivity index (χ0n) is 22.4. The number of nitrogens with one attached hydrogen (secondary N) is 2. The molecule has 2 aromatic carbocycles. The summed E-state index contributed by atoms with van der Waals surface area (Å²) in [6.45, 7) is 2.44. The Morgan fingerprint density at radius 2 is 1.78 bits per heavy atom. The van der Waals surface area contributed by atoms with E-state index in [2.05, 4.69) is 20.6 Å². The topological polar surface area (TPSA) is 134 Å².